The predicted molar refractivity (Wildman–Crippen MR) is 67.1 cm³/mol. The summed E-state index contributed by atoms with van der Waals surface area (Å²) in [6.07, 6.45) is -2.79. The van der Waals surface area contributed by atoms with Crippen molar-refractivity contribution in [2.24, 2.45) is 0 Å². The zero-order valence-corrected chi connectivity index (χ0v) is 10.9. The molecule has 1 amide bonds. The molecule has 0 aliphatic heterocycles. The molecular formula is C11H11ClF2N2O4. The summed E-state index contributed by atoms with van der Waals surface area (Å²) in [7, 11) is 0. The molecule has 6 nitrogen and oxygen atoms in total. The number of rotatable bonds is 6. The second kappa shape index (κ2) is 7.11. The lowest BCUT2D eigenvalue weighted by atomic mass is 10.1. The van der Waals surface area contributed by atoms with E-state index in [-0.39, 0.29) is 22.8 Å². The van der Waals surface area contributed by atoms with Gasteiger partial charge in [-0.1, -0.05) is 11.6 Å². The van der Waals surface area contributed by atoms with Gasteiger partial charge in [0.1, 0.15) is 0 Å². The van der Waals surface area contributed by atoms with Gasteiger partial charge in [-0.3, -0.25) is 14.9 Å². The SMILES string of the molecule is O=C(c1cc([N+](=O)[O-])ccc1Cl)N(CCO)CC(F)F. The number of hydrogen-bond acceptors (Lipinski definition) is 4. The van der Waals surface area contributed by atoms with Crippen molar-refractivity contribution < 1.29 is 23.6 Å². The molecule has 0 radical (unpaired) electrons. The number of amides is 1. The molecule has 110 valence electrons. The first-order valence-electron chi connectivity index (χ1n) is 5.49. The molecule has 9 heteroatoms. The highest BCUT2D eigenvalue weighted by Gasteiger charge is 2.23. The van der Waals surface area contributed by atoms with Crippen LogP contribution in [0.2, 0.25) is 5.02 Å². The fourth-order valence-electron chi connectivity index (χ4n) is 1.52. The highest BCUT2D eigenvalue weighted by Crippen LogP contribution is 2.23. The Morgan fingerprint density at radius 2 is 2.15 bits per heavy atom. The molecule has 1 aromatic rings. The fraction of sp³-hybridized carbons (Fsp3) is 0.364. The van der Waals surface area contributed by atoms with Gasteiger partial charge in [-0.15, -0.1) is 0 Å². The van der Waals surface area contributed by atoms with E-state index in [1.54, 1.807) is 0 Å². The van der Waals surface area contributed by atoms with E-state index in [9.17, 15) is 23.7 Å². The van der Waals surface area contributed by atoms with Crippen molar-refractivity contribution in [2.45, 2.75) is 6.43 Å². The quantitative estimate of drug-likeness (QED) is 0.643. The maximum atomic E-state index is 12.4. The number of carbonyl (C=O) groups is 1. The molecule has 0 saturated heterocycles. The Balaban J connectivity index is 3.10. The Morgan fingerprint density at radius 1 is 1.50 bits per heavy atom. The van der Waals surface area contributed by atoms with Crippen molar-refractivity contribution in [1.29, 1.82) is 0 Å². The van der Waals surface area contributed by atoms with Gasteiger partial charge in [0.15, 0.2) is 0 Å². The number of nitro groups is 1. The summed E-state index contributed by atoms with van der Waals surface area (Å²) < 4.78 is 24.8. The van der Waals surface area contributed by atoms with Gasteiger partial charge in [0.2, 0.25) is 0 Å². The zero-order valence-electron chi connectivity index (χ0n) is 10.1. The first-order valence-corrected chi connectivity index (χ1v) is 5.86. The van der Waals surface area contributed by atoms with E-state index in [2.05, 4.69) is 0 Å². The van der Waals surface area contributed by atoms with Crippen molar-refractivity contribution in [1.82, 2.24) is 4.90 Å². The molecule has 20 heavy (non-hydrogen) atoms. The Labute approximate surface area is 117 Å². The van der Waals surface area contributed by atoms with Gasteiger partial charge >= 0.3 is 0 Å². The van der Waals surface area contributed by atoms with Crippen molar-refractivity contribution in [3.8, 4) is 0 Å². The van der Waals surface area contributed by atoms with Gasteiger partial charge in [0.05, 0.1) is 28.7 Å². The molecule has 0 aromatic heterocycles. The molecule has 0 atom stereocenters. The van der Waals surface area contributed by atoms with E-state index in [1.807, 2.05) is 0 Å². The van der Waals surface area contributed by atoms with Crippen LogP contribution in [0.15, 0.2) is 18.2 Å². The number of benzene rings is 1. The molecule has 1 N–H and O–H groups in total. The van der Waals surface area contributed by atoms with Crippen molar-refractivity contribution in [2.75, 3.05) is 19.7 Å². The Morgan fingerprint density at radius 3 is 2.65 bits per heavy atom. The topological polar surface area (TPSA) is 83.7 Å². The molecule has 0 unspecified atom stereocenters. The van der Waals surface area contributed by atoms with Crippen LogP contribution in [0.25, 0.3) is 0 Å². The van der Waals surface area contributed by atoms with E-state index < -0.39 is 30.4 Å². The summed E-state index contributed by atoms with van der Waals surface area (Å²) in [6, 6.07) is 3.16. The number of aliphatic hydroxyl groups is 1. The number of nitro benzene ring substituents is 1. The number of hydrogen-bond donors (Lipinski definition) is 1. The number of non-ortho nitro benzene ring substituents is 1. The van der Waals surface area contributed by atoms with Gasteiger partial charge < -0.3 is 10.0 Å². The molecule has 0 bridgehead atoms. The van der Waals surface area contributed by atoms with Crippen LogP contribution in [-0.2, 0) is 0 Å². The van der Waals surface area contributed by atoms with Gasteiger partial charge in [-0.05, 0) is 6.07 Å². The smallest absolute Gasteiger partial charge is 0.270 e. The maximum absolute atomic E-state index is 12.4. The standard InChI is InChI=1S/C11H11ClF2N2O4/c12-9-2-1-7(16(19)20)5-8(9)11(18)15(3-4-17)6-10(13)14/h1-2,5,10,17H,3-4,6H2. The summed E-state index contributed by atoms with van der Waals surface area (Å²) in [6.45, 7) is -1.72. The van der Waals surface area contributed by atoms with Crippen LogP contribution in [0.5, 0.6) is 0 Å². The molecule has 0 aliphatic carbocycles. The normalized spacial score (nSPS) is 10.7. The fourth-order valence-corrected chi connectivity index (χ4v) is 1.72. The van der Waals surface area contributed by atoms with Crippen LogP contribution < -0.4 is 0 Å². The van der Waals surface area contributed by atoms with Crippen molar-refractivity contribution >= 4 is 23.2 Å². The third-order valence-corrected chi connectivity index (χ3v) is 2.74. The summed E-state index contributed by atoms with van der Waals surface area (Å²) in [5.41, 5.74) is -0.631. The van der Waals surface area contributed by atoms with E-state index in [0.717, 1.165) is 18.2 Å². The minimum Gasteiger partial charge on any atom is -0.395 e. The van der Waals surface area contributed by atoms with Crippen LogP contribution in [-0.4, -0.2) is 47.0 Å². The van der Waals surface area contributed by atoms with Crippen LogP contribution in [0.4, 0.5) is 14.5 Å². The molecule has 0 saturated carbocycles. The van der Waals surface area contributed by atoms with Gasteiger partial charge in [-0.25, -0.2) is 8.78 Å². The number of nitrogens with zero attached hydrogens (tertiary/aromatic N) is 2. The van der Waals surface area contributed by atoms with Crippen LogP contribution in [0.1, 0.15) is 10.4 Å². The highest BCUT2D eigenvalue weighted by atomic mass is 35.5. The molecule has 0 fully saturated rings. The maximum Gasteiger partial charge on any atom is 0.270 e. The summed E-state index contributed by atoms with van der Waals surface area (Å²) >= 11 is 5.76. The van der Waals surface area contributed by atoms with Crippen LogP contribution in [0.3, 0.4) is 0 Å². The third kappa shape index (κ3) is 4.10. The first-order chi connectivity index (χ1) is 9.36. The molecule has 0 heterocycles. The molecule has 1 rings (SSSR count). The predicted octanol–water partition coefficient (Wildman–Crippen LogP) is 1.95. The number of aliphatic hydroxyl groups excluding tert-OH is 1. The zero-order chi connectivity index (χ0) is 15.3. The van der Waals surface area contributed by atoms with E-state index in [0.29, 0.717) is 4.90 Å². The summed E-state index contributed by atoms with van der Waals surface area (Å²) in [5.74, 6) is -0.895. The number of carbonyl (C=O) groups excluding carboxylic acids is 1. The average molecular weight is 309 g/mol. The lowest BCUT2D eigenvalue weighted by Crippen LogP contribution is -2.37. The summed E-state index contributed by atoms with van der Waals surface area (Å²) in [5, 5.41) is 19.3. The second-order valence-electron chi connectivity index (χ2n) is 3.79. The van der Waals surface area contributed by atoms with Crippen molar-refractivity contribution in [3.05, 3.63) is 38.9 Å². The Kier molecular flexibility index (Phi) is 5.78. The second-order valence-corrected chi connectivity index (χ2v) is 4.19. The van der Waals surface area contributed by atoms with Gasteiger partial charge in [-0.2, -0.15) is 0 Å². The molecule has 1 aromatic carbocycles. The third-order valence-electron chi connectivity index (χ3n) is 2.41. The monoisotopic (exact) mass is 308 g/mol. The van der Waals surface area contributed by atoms with Gasteiger partial charge in [0, 0.05) is 18.7 Å². The summed E-state index contributed by atoms with van der Waals surface area (Å²) in [4.78, 5) is 22.6. The average Bonchev–Trinajstić information content (AvgIpc) is 2.37. The van der Waals surface area contributed by atoms with Crippen LogP contribution in [0, 0.1) is 10.1 Å². The van der Waals surface area contributed by atoms with E-state index in [1.165, 1.54) is 0 Å². The minimum atomic E-state index is -2.79. The number of alkyl halides is 2. The number of halogens is 3. The van der Waals surface area contributed by atoms with Crippen molar-refractivity contribution in [3.63, 3.8) is 0 Å². The molecular weight excluding hydrogens is 298 g/mol. The highest BCUT2D eigenvalue weighted by molar-refractivity contribution is 6.33. The van der Waals surface area contributed by atoms with Gasteiger partial charge in [0.25, 0.3) is 18.0 Å². The Hall–Kier alpha value is -1.80. The lowest BCUT2D eigenvalue weighted by molar-refractivity contribution is -0.384. The van der Waals surface area contributed by atoms with Crippen LogP contribution >= 0.6 is 11.6 Å². The minimum absolute atomic E-state index is 0.0854. The Bertz CT molecular complexity index is 513. The lowest BCUT2D eigenvalue weighted by Gasteiger charge is -2.21. The molecule has 0 aliphatic rings. The first kappa shape index (κ1) is 16.3. The van der Waals surface area contributed by atoms with E-state index >= 15 is 0 Å². The molecule has 0 spiro atoms. The van der Waals surface area contributed by atoms with E-state index in [4.69, 9.17) is 16.7 Å². The largest absolute Gasteiger partial charge is 0.395 e.